The van der Waals surface area contributed by atoms with Crippen molar-refractivity contribution in [2.45, 2.75) is 88.6 Å². The topological polar surface area (TPSA) is 273 Å². The van der Waals surface area contributed by atoms with Gasteiger partial charge in [0.15, 0.2) is 11.5 Å². The number of benzene rings is 2. The summed E-state index contributed by atoms with van der Waals surface area (Å²) >= 11 is 12.0. The Labute approximate surface area is 501 Å². The summed E-state index contributed by atoms with van der Waals surface area (Å²) in [5.74, 6) is 3.08. The van der Waals surface area contributed by atoms with Crippen LogP contribution in [0.2, 0.25) is 61.4 Å². The second kappa shape index (κ2) is 26.9. The molecule has 8 rings (SSSR count). The van der Waals surface area contributed by atoms with Crippen LogP contribution in [0.25, 0.3) is 34.5 Å². The quantitative estimate of drug-likeness (QED) is 0.0508. The summed E-state index contributed by atoms with van der Waals surface area (Å²) in [6.07, 6.45) is 5.79. The molecule has 0 saturated carbocycles. The molecule has 444 valence electrons. The monoisotopic (exact) mass is 1260 g/mol. The molecule has 0 aliphatic heterocycles. The Morgan fingerprint density at radius 2 is 0.917 bits per heavy atom. The third-order valence-electron chi connectivity index (χ3n) is 13.3. The zero-order valence-corrected chi connectivity index (χ0v) is 53.8. The van der Waals surface area contributed by atoms with Gasteiger partial charge in [0, 0.05) is 54.5 Å². The minimum Gasteiger partial charge on any atom is -0.494 e. The first-order valence-corrected chi connectivity index (χ1v) is 37.5. The summed E-state index contributed by atoms with van der Waals surface area (Å²) in [4.78, 5) is 8.52. The van der Waals surface area contributed by atoms with Crippen molar-refractivity contribution < 1.29 is 44.6 Å². The number of sulfonamides is 2. The molecule has 0 fully saturated rings. The van der Waals surface area contributed by atoms with E-state index in [1.165, 1.54) is 74.1 Å². The van der Waals surface area contributed by atoms with Crippen LogP contribution in [-0.4, -0.2) is 125 Å². The summed E-state index contributed by atoms with van der Waals surface area (Å²) in [6, 6.07) is 25.7. The first kappa shape index (κ1) is 63.8. The molecule has 0 aliphatic carbocycles. The lowest BCUT2D eigenvalue weighted by atomic mass is 10.1. The molecule has 84 heavy (non-hydrogen) atoms. The smallest absolute Gasteiger partial charge is 0.246 e. The molecule has 0 N–H and O–H groups in total. The standard InChI is InChI=1S/2C28H33ClN6O5SSi/c2*1-19(15-22-20(17-30)16-21(29)18-31-22)41(36,37)34(12-14-42(4,5)6)28-33-32-27(25-11-8-13-40-25)35(28)26-23(38-2)9-7-10-24(26)39-3/h2*7-11,13,16,18-19H,12,14-15H2,1-6H3/t2*19-/m10/s1. The lowest BCUT2D eigenvalue weighted by molar-refractivity contribution is 0.391. The molecule has 0 radical (unpaired) electrons. The van der Waals surface area contributed by atoms with E-state index in [0.29, 0.717) is 79.4 Å². The highest BCUT2D eigenvalue weighted by Gasteiger charge is 2.39. The van der Waals surface area contributed by atoms with Gasteiger partial charge in [-0.25, -0.2) is 25.4 Å². The summed E-state index contributed by atoms with van der Waals surface area (Å²) in [7, 11) is -5.61. The highest BCUT2D eigenvalue weighted by Crippen LogP contribution is 2.42. The molecule has 28 heteroatoms. The third kappa shape index (κ3) is 14.4. The molecule has 0 amide bonds. The number of ether oxygens (including phenoxy) is 4. The SMILES string of the molecule is COc1cccc(OC)c1-n1c(-c2ccco2)nnc1N(CC[Si](C)(C)C)S(=O)(=O)[C@@H](C)Cc1ncc(Cl)cc1C#N.COc1cccc(OC)c1-n1c(-c2ccco2)nnc1N(CC[Si](C)(C)C)S(=O)(=O)[C@H](C)Cc1ncc(Cl)cc1C#N. The van der Waals surface area contributed by atoms with E-state index in [1.54, 1.807) is 83.6 Å². The Bertz CT molecular complexity index is 3600. The van der Waals surface area contributed by atoms with Crippen LogP contribution in [0.15, 0.2) is 107 Å². The minimum atomic E-state index is -4.10. The van der Waals surface area contributed by atoms with E-state index in [9.17, 15) is 27.4 Å². The van der Waals surface area contributed by atoms with E-state index >= 15 is 0 Å². The number of hydrogen-bond acceptors (Lipinski definition) is 18. The molecule has 6 aromatic heterocycles. The van der Waals surface area contributed by atoms with Crippen molar-refractivity contribution in [2.75, 3.05) is 50.1 Å². The van der Waals surface area contributed by atoms with Crippen molar-refractivity contribution in [1.82, 2.24) is 39.5 Å². The van der Waals surface area contributed by atoms with Crippen molar-refractivity contribution >= 4 is 71.3 Å². The van der Waals surface area contributed by atoms with Crippen LogP contribution in [0.5, 0.6) is 23.0 Å². The third-order valence-corrected chi connectivity index (χ3v) is 21.5. The van der Waals surface area contributed by atoms with Gasteiger partial charge in [0.25, 0.3) is 0 Å². The number of pyridine rings is 2. The first-order chi connectivity index (χ1) is 39.8. The first-order valence-electron chi connectivity index (χ1n) is 26.4. The van der Waals surface area contributed by atoms with Crippen LogP contribution in [0.1, 0.15) is 36.4 Å². The molecular weight excluding hydrogens is 1190 g/mol. The summed E-state index contributed by atoms with van der Waals surface area (Å²) < 4.78 is 97.6. The average Bonchev–Trinajstić information content (AvgIpc) is 2.08. The van der Waals surface area contributed by atoms with Crippen molar-refractivity contribution in [2.24, 2.45) is 0 Å². The van der Waals surface area contributed by atoms with Gasteiger partial charge in [-0.3, -0.25) is 19.1 Å². The van der Waals surface area contributed by atoms with E-state index in [4.69, 9.17) is 51.0 Å². The van der Waals surface area contributed by atoms with Crippen LogP contribution < -0.4 is 27.6 Å². The van der Waals surface area contributed by atoms with Crippen LogP contribution in [0, 0.1) is 22.7 Å². The normalized spacial score (nSPS) is 12.5. The summed E-state index contributed by atoms with van der Waals surface area (Å²) in [5, 5.41) is 35.5. The van der Waals surface area contributed by atoms with Crippen molar-refractivity contribution in [3.63, 3.8) is 0 Å². The molecule has 2 atom stereocenters. The van der Waals surface area contributed by atoms with Crippen LogP contribution in [0.4, 0.5) is 11.9 Å². The summed E-state index contributed by atoms with van der Waals surface area (Å²) in [5.41, 5.74) is 1.96. The number of hydrogen-bond donors (Lipinski definition) is 0. The number of para-hydroxylation sites is 2. The largest absolute Gasteiger partial charge is 0.494 e. The van der Waals surface area contributed by atoms with Gasteiger partial charge in [0.05, 0.1) is 84.0 Å². The van der Waals surface area contributed by atoms with Gasteiger partial charge in [-0.2, -0.15) is 10.5 Å². The van der Waals surface area contributed by atoms with E-state index in [-0.39, 0.29) is 60.6 Å². The zero-order chi connectivity index (χ0) is 61.3. The predicted molar refractivity (Wildman–Crippen MR) is 327 cm³/mol. The molecule has 0 bridgehead atoms. The number of aromatic nitrogens is 8. The van der Waals surface area contributed by atoms with Crippen LogP contribution >= 0.6 is 23.2 Å². The number of rotatable bonds is 24. The lowest BCUT2D eigenvalue weighted by Gasteiger charge is -2.29. The molecule has 6 heterocycles. The second-order valence-electron chi connectivity index (χ2n) is 21.7. The fourth-order valence-electron chi connectivity index (χ4n) is 8.72. The van der Waals surface area contributed by atoms with Crippen molar-refractivity contribution in [1.29, 1.82) is 10.5 Å². The van der Waals surface area contributed by atoms with Gasteiger partial charge < -0.3 is 27.8 Å². The van der Waals surface area contributed by atoms with Gasteiger partial charge in [0.2, 0.25) is 43.6 Å². The molecule has 0 unspecified atom stereocenters. The number of halogens is 2. The van der Waals surface area contributed by atoms with E-state index < -0.39 is 46.7 Å². The Balaban J connectivity index is 0.000000241. The zero-order valence-electron chi connectivity index (χ0n) is 48.7. The summed E-state index contributed by atoms with van der Waals surface area (Å²) in [6.45, 7) is 16.5. The average molecular weight is 1260 g/mol. The van der Waals surface area contributed by atoms with Crippen molar-refractivity contribution in [3.05, 3.63) is 130 Å². The Morgan fingerprint density at radius 3 is 1.20 bits per heavy atom. The number of nitrogens with zero attached hydrogens (tertiary/aromatic N) is 12. The van der Waals surface area contributed by atoms with Gasteiger partial charge >= 0.3 is 0 Å². The Hall–Kier alpha value is -7.73. The molecule has 8 aromatic rings. The fourth-order valence-corrected chi connectivity index (χ4v) is 14.1. The predicted octanol–water partition coefficient (Wildman–Crippen LogP) is 11.1. The van der Waals surface area contributed by atoms with Gasteiger partial charge in [-0.15, -0.1) is 20.4 Å². The maximum Gasteiger partial charge on any atom is 0.246 e. The maximum atomic E-state index is 14.4. The molecule has 0 spiro atoms. The van der Waals surface area contributed by atoms with Gasteiger partial charge in [0.1, 0.15) is 46.5 Å². The lowest BCUT2D eigenvalue weighted by Crippen LogP contribution is -2.42. The van der Waals surface area contributed by atoms with E-state index in [0.717, 1.165) is 0 Å². The molecule has 0 saturated heterocycles. The Morgan fingerprint density at radius 1 is 0.571 bits per heavy atom. The number of methoxy groups -OCH3 is 4. The van der Waals surface area contributed by atoms with E-state index in [1.807, 2.05) is 0 Å². The molecule has 0 aliphatic rings. The second-order valence-corrected chi connectivity index (χ2v) is 38.4. The molecule has 2 aromatic carbocycles. The Kier molecular flexibility index (Phi) is 20.4. The molecule has 22 nitrogen and oxygen atoms in total. The fraction of sp³-hybridized carbons (Fsp3) is 0.357. The number of furan rings is 2. The highest BCUT2D eigenvalue weighted by atomic mass is 35.5. The van der Waals surface area contributed by atoms with Gasteiger partial charge in [-0.1, -0.05) is 74.6 Å². The van der Waals surface area contributed by atoms with E-state index in [2.05, 4.69) is 81.8 Å². The minimum absolute atomic E-state index is 0.0109. The van der Waals surface area contributed by atoms with Crippen molar-refractivity contribution in [3.8, 4) is 69.7 Å². The molecular formula is C56H66Cl2N12O10S2Si2. The number of anilines is 2. The highest BCUT2D eigenvalue weighted by molar-refractivity contribution is 7.93. The maximum absolute atomic E-state index is 14.4. The van der Waals surface area contributed by atoms with Gasteiger partial charge in [-0.05, 0) is 86.6 Å². The van der Waals surface area contributed by atoms with Crippen LogP contribution in [-0.2, 0) is 32.9 Å². The van der Waals surface area contributed by atoms with Crippen LogP contribution in [0.3, 0.4) is 0 Å². The number of nitriles is 2.